The molecule has 0 radical (unpaired) electrons. The Balaban J connectivity index is 1.54. The normalized spacial score (nSPS) is 17.5. The van der Waals surface area contributed by atoms with Crippen molar-refractivity contribution in [3.8, 4) is 5.75 Å². The van der Waals surface area contributed by atoms with E-state index in [2.05, 4.69) is 4.90 Å². The van der Waals surface area contributed by atoms with Crippen molar-refractivity contribution in [1.82, 2.24) is 4.90 Å². The van der Waals surface area contributed by atoms with Gasteiger partial charge >= 0.3 is 0 Å². The van der Waals surface area contributed by atoms with Gasteiger partial charge in [-0.05, 0) is 89.0 Å². The van der Waals surface area contributed by atoms with Crippen molar-refractivity contribution in [2.45, 2.75) is 49.2 Å². The van der Waals surface area contributed by atoms with Crippen LogP contribution >= 0.6 is 0 Å². The van der Waals surface area contributed by atoms with Crippen LogP contribution in [0, 0.1) is 5.92 Å². The summed E-state index contributed by atoms with van der Waals surface area (Å²) in [5.74, 6) is 0.837. The standard InChI is InChI=1S/C26H36N2O4S/c1-26(2,33(30,31)24-11-6-5-7-12-24)17-9-19-28-18-8-10-21(20-28)25(29)27(3)22-13-15-23(32-4)16-14-22/h5-7,11-16,21H,8-10,17-20H2,1-4H3. The Hall–Kier alpha value is -2.38. The second-order valence-corrected chi connectivity index (χ2v) is 12.0. The zero-order valence-electron chi connectivity index (χ0n) is 20.2. The fraction of sp³-hybridized carbons (Fsp3) is 0.500. The van der Waals surface area contributed by atoms with Crippen molar-refractivity contribution in [3.63, 3.8) is 0 Å². The molecule has 1 atom stereocenters. The Labute approximate surface area is 198 Å². The van der Waals surface area contributed by atoms with E-state index in [1.54, 1.807) is 36.3 Å². The molecule has 0 aromatic heterocycles. The molecule has 1 aliphatic heterocycles. The first-order valence-corrected chi connectivity index (χ1v) is 13.1. The largest absolute Gasteiger partial charge is 0.497 e. The lowest BCUT2D eigenvalue weighted by molar-refractivity contribution is -0.123. The highest BCUT2D eigenvalue weighted by molar-refractivity contribution is 7.92. The van der Waals surface area contributed by atoms with Crippen molar-refractivity contribution in [3.05, 3.63) is 54.6 Å². The third-order valence-corrected chi connectivity index (χ3v) is 9.23. The molecule has 33 heavy (non-hydrogen) atoms. The average Bonchev–Trinajstić information content (AvgIpc) is 2.83. The first kappa shape index (κ1) is 25.2. The van der Waals surface area contributed by atoms with Crippen LogP contribution in [0.5, 0.6) is 5.75 Å². The van der Waals surface area contributed by atoms with Gasteiger partial charge < -0.3 is 14.5 Å². The van der Waals surface area contributed by atoms with Crippen molar-refractivity contribution < 1.29 is 17.9 Å². The molecule has 7 heteroatoms. The number of methoxy groups -OCH3 is 1. The Morgan fingerprint density at radius 2 is 1.79 bits per heavy atom. The highest BCUT2D eigenvalue weighted by atomic mass is 32.2. The number of carbonyl (C=O) groups excluding carboxylic acids is 1. The van der Waals surface area contributed by atoms with E-state index >= 15 is 0 Å². The summed E-state index contributed by atoms with van der Waals surface area (Å²) in [5.41, 5.74) is 0.853. The summed E-state index contributed by atoms with van der Waals surface area (Å²) in [6.07, 6.45) is 3.20. The number of carbonyl (C=O) groups is 1. The number of anilines is 1. The lowest BCUT2D eigenvalue weighted by atomic mass is 9.96. The fourth-order valence-corrected chi connectivity index (χ4v) is 6.02. The van der Waals surface area contributed by atoms with E-state index in [9.17, 15) is 13.2 Å². The van der Waals surface area contributed by atoms with Gasteiger partial charge in [0.25, 0.3) is 0 Å². The second-order valence-electron chi connectivity index (χ2n) is 9.41. The van der Waals surface area contributed by atoms with E-state index in [-0.39, 0.29) is 11.8 Å². The van der Waals surface area contributed by atoms with Gasteiger partial charge in [0, 0.05) is 19.3 Å². The van der Waals surface area contributed by atoms with Crippen LogP contribution in [0.4, 0.5) is 5.69 Å². The van der Waals surface area contributed by atoms with Crippen molar-refractivity contribution in [1.29, 1.82) is 0 Å². The topological polar surface area (TPSA) is 66.9 Å². The van der Waals surface area contributed by atoms with E-state index in [4.69, 9.17) is 4.74 Å². The first-order chi connectivity index (χ1) is 15.7. The Kier molecular flexibility index (Phi) is 8.19. The lowest BCUT2D eigenvalue weighted by Gasteiger charge is -2.34. The summed E-state index contributed by atoms with van der Waals surface area (Å²) in [7, 11) is 0.0423. The summed E-state index contributed by atoms with van der Waals surface area (Å²) in [4.78, 5) is 17.5. The molecule has 0 spiro atoms. The van der Waals surface area contributed by atoms with Gasteiger partial charge in [-0.1, -0.05) is 18.2 Å². The number of rotatable bonds is 9. The maximum absolute atomic E-state index is 13.1. The van der Waals surface area contributed by atoms with E-state index in [1.165, 1.54) is 0 Å². The molecule has 0 bridgehead atoms. The molecule has 1 aliphatic rings. The summed E-state index contributed by atoms with van der Waals surface area (Å²) >= 11 is 0. The predicted octanol–water partition coefficient (Wildman–Crippen LogP) is 4.40. The van der Waals surface area contributed by atoms with E-state index in [0.29, 0.717) is 17.9 Å². The molecule has 2 aromatic carbocycles. The number of nitrogens with zero attached hydrogens (tertiary/aromatic N) is 2. The van der Waals surface area contributed by atoms with Gasteiger partial charge in [-0.15, -0.1) is 0 Å². The van der Waals surface area contributed by atoms with Crippen LogP contribution in [-0.4, -0.2) is 57.8 Å². The van der Waals surface area contributed by atoms with Gasteiger partial charge in [0.05, 0.1) is 22.7 Å². The molecule has 1 heterocycles. The van der Waals surface area contributed by atoms with Crippen LogP contribution in [0.15, 0.2) is 59.5 Å². The van der Waals surface area contributed by atoms with Gasteiger partial charge in [0.2, 0.25) is 5.91 Å². The highest BCUT2D eigenvalue weighted by Gasteiger charge is 2.35. The van der Waals surface area contributed by atoms with Gasteiger partial charge in [-0.3, -0.25) is 4.79 Å². The number of ether oxygens (including phenoxy) is 1. The summed E-state index contributed by atoms with van der Waals surface area (Å²) in [6.45, 7) is 6.07. The zero-order chi connectivity index (χ0) is 24.1. The molecular weight excluding hydrogens is 436 g/mol. The molecule has 1 fully saturated rings. The zero-order valence-corrected chi connectivity index (χ0v) is 21.0. The first-order valence-electron chi connectivity index (χ1n) is 11.6. The van der Waals surface area contributed by atoms with E-state index < -0.39 is 14.6 Å². The molecule has 1 unspecified atom stereocenters. The predicted molar refractivity (Wildman–Crippen MR) is 133 cm³/mol. The van der Waals surface area contributed by atoms with E-state index in [1.807, 2.05) is 51.2 Å². The Morgan fingerprint density at radius 3 is 2.42 bits per heavy atom. The molecule has 180 valence electrons. The van der Waals surface area contributed by atoms with Crippen LogP contribution in [0.2, 0.25) is 0 Å². The fourth-order valence-electron chi connectivity index (χ4n) is 4.45. The third-order valence-electron chi connectivity index (χ3n) is 6.68. The van der Waals surface area contributed by atoms with Crippen molar-refractivity contribution in [2.24, 2.45) is 5.92 Å². The van der Waals surface area contributed by atoms with Crippen molar-refractivity contribution in [2.75, 3.05) is 38.7 Å². The van der Waals surface area contributed by atoms with Crippen LogP contribution < -0.4 is 9.64 Å². The minimum Gasteiger partial charge on any atom is -0.497 e. The maximum atomic E-state index is 13.1. The molecule has 2 aromatic rings. The SMILES string of the molecule is COc1ccc(N(C)C(=O)C2CCCN(CCCC(C)(C)S(=O)(=O)c3ccccc3)C2)cc1. The summed E-state index contributed by atoms with van der Waals surface area (Å²) in [5, 5.41) is 0. The van der Waals surface area contributed by atoms with Crippen LogP contribution in [-0.2, 0) is 14.6 Å². The molecule has 1 amide bonds. The molecular formula is C26H36N2O4S. The third kappa shape index (κ3) is 5.95. The van der Waals surface area contributed by atoms with E-state index in [0.717, 1.165) is 43.8 Å². The average molecular weight is 473 g/mol. The number of benzene rings is 2. The monoisotopic (exact) mass is 472 g/mol. The van der Waals surface area contributed by atoms with Gasteiger partial charge in [0.1, 0.15) is 5.75 Å². The maximum Gasteiger partial charge on any atom is 0.231 e. The Bertz CT molecular complexity index is 1020. The highest BCUT2D eigenvalue weighted by Crippen LogP contribution is 2.30. The number of hydrogen-bond donors (Lipinski definition) is 0. The minimum absolute atomic E-state index is 0.0492. The molecule has 0 saturated carbocycles. The number of hydrogen-bond acceptors (Lipinski definition) is 5. The molecule has 0 aliphatic carbocycles. The minimum atomic E-state index is -3.40. The number of likely N-dealkylation sites (tertiary alicyclic amines) is 1. The summed E-state index contributed by atoms with van der Waals surface area (Å²) in [6, 6.07) is 16.2. The van der Waals surface area contributed by atoms with Crippen LogP contribution in [0.25, 0.3) is 0 Å². The lowest BCUT2D eigenvalue weighted by Crippen LogP contribution is -2.44. The number of amides is 1. The van der Waals surface area contributed by atoms with Crippen LogP contribution in [0.1, 0.15) is 39.5 Å². The number of piperidine rings is 1. The number of sulfone groups is 1. The van der Waals surface area contributed by atoms with Crippen LogP contribution in [0.3, 0.4) is 0 Å². The van der Waals surface area contributed by atoms with Gasteiger partial charge in [-0.25, -0.2) is 8.42 Å². The molecule has 1 saturated heterocycles. The van der Waals surface area contributed by atoms with Crippen molar-refractivity contribution >= 4 is 21.4 Å². The molecule has 6 nitrogen and oxygen atoms in total. The van der Waals surface area contributed by atoms with Gasteiger partial charge in [-0.2, -0.15) is 0 Å². The quantitative estimate of drug-likeness (QED) is 0.541. The molecule has 0 N–H and O–H groups in total. The molecule has 3 rings (SSSR count). The van der Waals surface area contributed by atoms with Gasteiger partial charge in [0.15, 0.2) is 9.84 Å². The Morgan fingerprint density at radius 1 is 1.12 bits per heavy atom. The smallest absolute Gasteiger partial charge is 0.231 e. The summed E-state index contributed by atoms with van der Waals surface area (Å²) < 4.78 is 30.5. The second kappa shape index (κ2) is 10.7.